The van der Waals surface area contributed by atoms with E-state index in [1.54, 1.807) is 0 Å². The molecular weight excluding hydrogens is 186 g/mol. The highest BCUT2D eigenvalue weighted by Gasteiger charge is 2.33. The average Bonchev–Trinajstić information content (AvgIpc) is 2.05. The van der Waals surface area contributed by atoms with Crippen molar-refractivity contribution >= 4 is 11.8 Å². The fourth-order valence-corrected chi connectivity index (χ4v) is 0.661. The molecule has 0 aliphatic carbocycles. The van der Waals surface area contributed by atoms with Crippen LogP contribution in [0.2, 0.25) is 0 Å². The van der Waals surface area contributed by atoms with Gasteiger partial charge in [0, 0.05) is 7.11 Å². The van der Waals surface area contributed by atoms with Crippen molar-refractivity contribution in [2.24, 2.45) is 0 Å². The molecule has 0 aromatic rings. The number of ketones is 1. The summed E-state index contributed by atoms with van der Waals surface area (Å²) >= 11 is 0. The third-order valence-electron chi connectivity index (χ3n) is 1.21. The van der Waals surface area contributed by atoms with Gasteiger partial charge in [0.2, 0.25) is 11.9 Å². The summed E-state index contributed by atoms with van der Waals surface area (Å²) in [6.45, 7) is 1.51. The smallest absolute Gasteiger partial charge is 0.343 e. The molecule has 0 aliphatic heterocycles. The second-order valence-corrected chi connectivity index (χ2v) is 2.07. The molecule has 0 aliphatic rings. The summed E-state index contributed by atoms with van der Waals surface area (Å²) in [6, 6.07) is 0. The summed E-state index contributed by atoms with van der Waals surface area (Å²) in [7, 11) is 0.988. The average molecular weight is 196 g/mol. The van der Waals surface area contributed by atoms with Crippen molar-refractivity contribution in [3.63, 3.8) is 0 Å². The minimum atomic E-state index is -3.23. The van der Waals surface area contributed by atoms with Crippen LogP contribution in [0.5, 0.6) is 0 Å². The highest BCUT2D eigenvalue weighted by Crippen LogP contribution is 2.04. The van der Waals surface area contributed by atoms with Crippen molar-refractivity contribution < 1.29 is 27.8 Å². The highest BCUT2D eigenvalue weighted by atomic mass is 19.3. The third kappa shape index (κ3) is 3.45. The van der Waals surface area contributed by atoms with Gasteiger partial charge >= 0.3 is 5.97 Å². The van der Waals surface area contributed by atoms with E-state index in [2.05, 4.69) is 9.47 Å². The lowest BCUT2D eigenvalue weighted by Crippen LogP contribution is -2.37. The van der Waals surface area contributed by atoms with Crippen molar-refractivity contribution in [3.05, 3.63) is 0 Å². The van der Waals surface area contributed by atoms with Gasteiger partial charge in [0.25, 0.3) is 6.43 Å². The van der Waals surface area contributed by atoms with Crippen LogP contribution in [0.1, 0.15) is 6.92 Å². The number of hydrogen-bond donors (Lipinski definition) is 0. The number of halogens is 2. The molecule has 0 rings (SSSR count). The van der Waals surface area contributed by atoms with Crippen LogP contribution < -0.4 is 0 Å². The quantitative estimate of drug-likeness (QED) is 0.471. The Morgan fingerprint density at radius 2 is 1.92 bits per heavy atom. The number of Topliss-reactive ketones (excluding diaryl/α,β-unsaturated/α-hetero) is 1. The Morgan fingerprint density at radius 1 is 1.38 bits per heavy atom. The second kappa shape index (κ2) is 5.58. The van der Waals surface area contributed by atoms with Crippen LogP contribution in [0.25, 0.3) is 0 Å². The van der Waals surface area contributed by atoms with Gasteiger partial charge in [-0.15, -0.1) is 0 Å². The zero-order valence-corrected chi connectivity index (χ0v) is 7.25. The lowest BCUT2D eigenvalue weighted by Gasteiger charge is -2.11. The number of alkyl halides is 2. The molecule has 0 aromatic heterocycles. The lowest BCUT2D eigenvalue weighted by atomic mass is 10.2. The normalized spacial score (nSPS) is 12.7. The molecule has 0 saturated carbocycles. The van der Waals surface area contributed by atoms with Crippen molar-refractivity contribution in [1.82, 2.24) is 0 Å². The maximum absolute atomic E-state index is 11.8. The zero-order valence-electron chi connectivity index (χ0n) is 7.25. The number of carbonyl (C=O) groups is 2. The standard InChI is InChI=1S/C7H10F2O4/c1-3-13-7(11)5(12-2)4(10)6(8)9/h5-6H,3H2,1-2H3/t5-/m1/s1. The van der Waals surface area contributed by atoms with Crippen LogP contribution in [0.3, 0.4) is 0 Å². The van der Waals surface area contributed by atoms with E-state index >= 15 is 0 Å². The van der Waals surface area contributed by atoms with E-state index in [1.807, 2.05) is 0 Å². The molecule has 0 amide bonds. The summed E-state index contributed by atoms with van der Waals surface area (Å²) in [4.78, 5) is 21.4. The third-order valence-corrected chi connectivity index (χ3v) is 1.21. The first kappa shape index (κ1) is 12.0. The Bertz CT molecular complexity index is 193. The van der Waals surface area contributed by atoms with Gasteiger partial charge in [-0.2, -0.15) is 0 Å². The molecule has 13 heavy (non-hydrogen) atoms. The molecule has 4 nitrogen and oxygen atoms in total. The first-order valence-electron chi connectivity index (χ1n) is 3.55. The predicted molar refractivity (Wildman–Crippen MR) is 38.4 cm³/mol. The first-order chi connectivity index (χ1) is 6.04. The maximum Gasteiger partial charge on any atom is 0.343 e. The maximum atomic E-state index is 11.8. The number of methoxy groups -OCH3 is 1. The SMILES string of the molecule is CCOC(=O)[C@H](OC)C(=O)C(F)F. The molecule has 6 heteroatoms. The minimum absolute atomic E-state index is 0.00914. The zero-order chi connectivity index (χ0) is 10.4. The van der Waals surface area contributed by atoms with Crippen molar-refractivity contribution in [3.8, 4) is 0 Å². The molecule has 0 unspecified atom stereocenters. The van der Waals surface area contributed by atoms with E-state index in [0.717, 1.165) is 7.11 Å². The van der Waals surface area contributed by atoms with Crippen LogP contribution >= 0.6 is 0 Å². The van der Waals surface area contributed by atoms with Crippen LogP contribution in [0.15, 0.2) is 0 Å². The Morgan fingerprint density at radius 3 is 2.23 bits per heavy atom. The van der Waals surface area contributed by atoms with E-state index in [-0.39, 0.29) is 6.61 Å². The second-order valence-electron chi connectivity index (χ2n) is 2.07. The van der Waals surface area contributed by atoms with Gasteiger partial charge in [-0.3, -0.25) is 4.79 Å². The number of rotatable bonds is 5. The van der Waals surface area contributed by atoms with E-state index in [1.165, 1.54) is 6.92 Å². The monoisotopic (exact) mass is 196 g/mol. The molecule has 0 saturated heterocycles. The Hall–Kier alpha value is -1.04. The molecule has 0 aromatic carbocycles. The fourth-order valence-electron chi connectivity index (χ4n) is 0.661. The van der Waals surface area contributed by atoms with E-state index < -0.39 is 24.3 Å². The van der Waals surface area contributed by atoms with Crippen LogP contribution in [-0.2, 0) is 19.1 Å². The van der Waals surface area contributed by atoms with Crippen molar-refractivity contribution in [2.45, 2.75) is 19.5 Å². The Balaban J connectivity index is 4.32. The number of esters is 1. The van der Waals surface area contributed by atoms with Crippen LogP contribution in [0, 0.1) is 0 Å². The molecule has 0 radical (unpaired) electrons. The lowest BCUT2D eigenvalue weighted by molar-refractivity contribution is -0.163. The molecule has 1 atom stereocenters. The van der Waals surface area contributed by atoms with Crippen molar-refractivity contribution in [1.29, 1.82) is 0 Å². The van der Waals surface area contributed by atoms with Gasteiger partial charge in [-0.05, 0) is 6.92 Å². The van der Waals surface area contributed by atoms with Gasteiger partial charge in [0.15, 0.2) is 0 Å². The summed E-state index contributed by atoms with van der Waals surface area (Å²) in [6.07, 6.45) is -5.05. The number of ether oxygens (including phenoxy) is 2. The molecule has 0 spiro atoms. The van der Waals surface area contributed by atoms with E-state index in [0.29, 0.717) is 0 Å². The van der Waals surface area contributed by atoms with E-state index in [9.17, 15) is 18.4 Å². The number of carbonyl (C=O) groups excluding carboxylic acids is 2. The van der Waals surface area contributed by atoms with Crippen molar-refractivity contribution in [2.75, 3.05) is 13.7 Å². The van der Waals surface area contributed by atoms with Gasteiger partial charge < -0.3 is 9.47 Å². The van der Waals surface area contributed by atoms with E-state index in [4.69, 9.17) is 0 Å². The summed E-state index contributed by atoms with van der Waals surface area (Å²) < 4.78 is 32.3. The molecule has 76 valence electrons. The first-order valence-corrected chi connectivity index (χ1v) is 3.55. The molecular formula is C7H10F2O4. The van der Waals surface area contributed by atoms with Crippen LogP contribution in [0.4, 0.5) is 8.78 Å². The fraction of sp³-hybridized carbons (Fsp3) is 0.714. The molecule has 0 N–H and O–H groups in total. The largest absolute Gasteiger partial charge is 0.464 e. The Labute approximate surface area is 73.8 Å². The minimum Gasteiger partial charge on any atom is -0.464 e. The molecule has 0 fully saturated rings. The topological polar surface area (TPSA) is 52.6 Å². The molecule has 0 bridgehead atoms. The van der Waals surface area contributed by atoms with Gasteiger partial charge in [-0.25, -0.2) is 13.6 Å². The summed E-state index contributed by atoms with van der Waals surface area (Å²) in [5.41, 5.74) is 0. The van der Waals surface area contributed by atoms with Gasteiger partial charge in [-0.1, -0.05) is 0 Å². The van der Waals surface area contributed by atoms with Gasteiger partial charge in [0.1, 0.15) is 0 Å². The van der Waals surface area contributed by atoms with Crippen LogP contribution in [-0.4, -0.2) is 38.0 Å². The highest BCUT2D eigenvalue weighted by molar-refractivity contribution is 6.03. The molecule has 0 heterocycles. The number of hydrogen-bond acceptors (Lipinski definition) is 4. The Kier molecular flexibility index (Phi) is 5.13. The summed E-state index contributed by atoms with van der Waals surface area (Å²) in [5.74, 6) is -2.67. The predicted octanol–water partition coefficient (Wildman–Crippen LogP) is 0.399. The summed E-state index contributed by atoms with van der Waals surface area (Å²) in [5, 5.41) is 0. The van der Waals surface area contributed by atoms with Gasteiger partial charge in [0.05, 0.1) is 6.61 Å².